The van der Waals surface area contributed by atoms with Crippen molar-refractivity contribution in [3.63, 3.8) is 0 Å². The van der Waals surface area contributed by atoms with Crippen LogP contribution < -0.4 is 10.5 Å². The van der Waals surface area contributed by atoms with Crippen molar-refractivity contribution < 1.29 is 4.74 Å². The number of ether oxygens (including phenoxy) is 1. The highest BCUT2D eigenvalue weighted by atomic mass is 35.5. The van der Waals surface area contributed by atoms with Gasteiger partial charge in [0.1, 0.15) is 17.4 Å². The SMILES string of the molecule is C[C@H](N)c1cc(Cl)ccc1OCc1nc2ccccc2s1. The largest absolute Gasteiger partial charge is 0.486 e. The predicted molar refractivity (Wildman–Crippen MR) is 88.0 cm³/mol. The Bertz CT molecular complexity index is 737. The van der Waals surface area contributed by atoms with E-state index in [2.05, 4.69) is 11.1 Å². The molecule has 5 heteroatoms. The number of rotatable bonds is 4. The highest BCUT2D eigenvalue weighted by molar-refractivity contribution is 7.18. The Morgan fingerprint density at radius 1 is 1.29 bits per heavy atom. The van der Waals surface area contributed by atoms with Crippen LogP contribution in [0.2, 0.25) is 5.02 Å². The van der Waals surface area contributed by atoms with Crippen LogP contribution in [0.1, 0.15) is 23.5 Å². The first-order valence-electron chi connectivity index (χ1n) is 6.66. The number of hydrogen-bond donors (Lipinski definition) is 1. The quantitative estimate of drug-likeness (QED) is 0.767. The second kappa shape index (κ2) is 6.02. The lowest BCUT2D eigenvalue weighted by atomic mass is 10.1. The van der Waals surface area contributed by atoms with Crippen LogP contribution in [-0.2, 0) is 6.61 Å². The van der Waals surface area contributed by atoms with Crippen molar-refractivity contribution in [3.05, 3.63) is 58.1 Å². The van der Waals surface area contributed by atoms with Crippen molar-refractivity contribution >= 4 is 33.2 Å². The average molecular weight is 319 g/mol. The number of nitrogens with two attached hydrogens (primary N) is 1. The lowest BCUT2D eigenvalue weighted by molar-refractivity contribution is 0.301. The number of hydrogen-bond acceptors (Lipinski definition) is 4. The minimum Gasteiger partial charge on any atom is -0.486 e. The Kier molecular flexibility index (Phi) is 4.10. The number of benzene rings is 2. The molecule has 1 aromatic heterocycles. The Morgan fingerprint density at radius 2 is 2.10 bits per heavy atom. The summed E-state index contributed by atoms with van der Waals surface area (Å²) < 4.78 is 7.04. The van der Waals surface area contributed by atoms with Crippen LogP contribution in [0.3, 0.4) is 0 Å². The Balaban J connectivity index is 1.81. The van der Waals surface area contributed by atoms with Gasteiger partial charge >= 0.3 is 0 Å². The molecule has 2 N–H and O–H groups in total. The average Bonchev–Trinajstić information content (AvgIpc) is 2.88. The molecule has 0 aliphatic carbocycles. The second-order valence-corrected chi connectivity index (χ2v) is 6.39. The Morgan fingerprint density at radius 3 is 2.86 bits per heavy atom. The summed E-state index contributed by atoms with van der Waals surface area (Å²) in [5.74, 6) is 0.758. The summed E-state index contributed by atoms with van der Waals surface area (Å²) >= 11 is 7.65. The molecule has 3 aromatic rings. The fourth-order valence-corrected chi connectivity index (χ4v) is 3.19. The third-order valence-corrected chi connectivity index (χ3v) is 4.40. The monoisotopic (exact) mass is 318 g/mol. The number of halogens is 1. The highest BCUT2D eigenvalue weighted by Crippen LogP contribution is 2.29. The van der Waals surface area contributed by atoms with E-state index < -0.39 is 0 Å². The minimum absolute atomic E-state index is 0.130. The first-order chi connectivity index (χ1) is 10.1. The number of para-hydroxylation sites is 1. The molecule has 3 rings (SSSR count). The van der Waals surface area contributed by atoms with Crippen molar-refractivity contribution in [2.24, 2.45) is 5.73 Å². The summed E-state index contributed by atoms with van der Waals surface area (Å²) in [6.45, 7) is 2.34. The normalized spacial score (nSPS) is 12.5. The summed E-state index contributed by atoms with van der Waals surface area (Å²) in [6.07, 6.45) is 0. The van der Waals surface area contributed by atoms with Crippen LogP contribution in [0, 0.1) is 0 Å². The van der Waals surface area contributed by atoms with E-state index in [9.17, 15) is 0 Å². The number of thiazole rings is 1. The molecule has 1 heterocycles. The van der Waals surface area contributed by atoms with Gasteiger partial charge in [-0.1, -0.05) is 23.7 Å². The summed E-state index contributed by atoms with van der Waals surface area (Å²) in [4.78, 5) is 4.56. The first kappa shape index (κ1) is 14.3. The van der Waals surface area contributed by atoms with Gasteiger partial charge in [0.15, 0.2) is 0 Å². The minimum atomic E-state index is -0.130. The summed E-state index contributed by atoms with van der Waals surface area (Å²) in [5, 5.41) is 1.61. The highest BCUT2D eigenvalue weighted by Gasteiger charge is 2.10. The van der Waals surface area contributed by atoms with E-state index in [1.165, 1.54) is 4.70 Å². The summed E-state index contributed by atoms with van der Waals surface area (Å²) in [5.41, 5.74) is 7.87. The molecule has 0 spiro atoms. The molecule has 0 amide bonds. The molecule has 1 atom stereocenters. The molecule has 2 aromatic carbocycles. The topological polar surface area (TPSA) is 48.1 Å². The third-order valence-electron chi connectivity index (χ3n) is 3.15. The van der Waals surface area contributed by atoms with E-state index in [0.717, 1.165) is 21.8 Å². The van der Waals surface area contributed by atoms with Crippen molar-refractivity contribution in [1.82, 2.24) is 4.98 Å². The molecular formula is C16H15ClN2OS. The summed E-state index contributed by atoms with van der Waals surface area (Å²) in [7, 11) is 0. The van der Waals surface area contributed by atoms with E-state index in [1.807, 2.05) is 37.3 Å². The van der Waals surface area contributed by atoms with Gasteiger partial charge in [0.2, 0.25) is 0 Å². The third kappa shape index (κ3) is 3.18. The zero-order valence-corrected chi connectivity index (χ0v) is 13.1. The van der Waals surface area contributed by atoms with Crippen molar-refractivity contribution in [2.45, 2.75) is 19.6 Å². The Labute approximate surface area is 132 Å². The van der Waals surface area contributed by atoms with Crippen LogP contribution >= 0.6 is 22.9 Å². The van der Waals surface area contributed by atoms with Crippen molar-refractivity contribution in [3.8, 4) is 5.75 Å². The van der Waals surface area contributed by atoms with Crippen LogP contribution in [-0.4, -0.2) is 4.98 Å². The van der Waals surface area contributed by atoms with Crippen molar-refractivity contribution in [2.75, 3.05) is 0 Å². The molecule has 108 valence electrons. The van der Waals surface area contributed by atoms with E-state index in [1.54, 1.807) is 17.4 Å². The first-order valence-corrected chi connectivity index (χ1v) is 7.85. The molecular weight excluding hydrogens is 304 g/mol. The number of aromatic nitrogens is 1. The van der Waals surface area contributed by atoms with Crippen LogP contribution in [0.15, 0.2) is 42.5 Å². The molecule has 0 aliphatic heterocycles. The molecule has 3 nitrogen and oxygen atoms in total. The number of fused-ring (bicyclic) bond motifs is 1. The van der Waals surface area contributed by atoms with Gasteiger partial charge in [-0.25, -0.2) is 4.98 Å². The van der Waals surface area contributed by atoms with Gasteiger partial charge in [0, 0.05) is 16.6 Å². The molecule has 0 saturated carbocycles. The smallest absolute Gasteiger partial charge is 0.140 e. The molecule has 0 unspecified atom stereocenters. The molecule has 21 heavy (non-hydrogen) atoms. The van der Waals surface area contributed by atoms with Gasteiger partial charge in [-0.2, -0.15) is 0 Å². The second-order valence-electron chi connectivity index (χ2n) is 4.83. The van der Waals surface area contributed by atoms with Gasteiger partial charge < -0.3 is 10.5 Å². The lowest BCUT2D eigenvalue weighted by Crippen LogP contribution is -2.08. The maximum Gasteiger partial charge on any atom is 0.140 e. The van der Waals surface area contributed by atoms with E-state index >= 15 is 0 Å². The van der Waals surface area contributed by atoms with Gasteiger partial charge in [-0.3, -0.25) is 0 Å². The molecule has 0 fully saturated rings. The maximum absolute atomic E-state index is 6.01. The van der Waals surface area contributed by atoms with Crippen LogP contribution in [0.25, 0.3) is 10.2 Å². The zero-order chi connectivity index (χ0) is 14.8. The van der Waals surface area contributed by atoms with Gasteiger partial charge in [0.25, 0.3) is 0 Å². The lowest BCUT2D eigenvalue weighted by Gasteiger charge is -2.13. The van der Waals surface area contributed by atoms with Gasteiger partial charge in [-0.15, -0.1) is 11.3 Å². The predicted octanol–water partition coefficient (Wildman–Crippen LogP) is 4.55. The number of nitrogens with zero attached hydrogens (tertiary/aromatic N) is 1. The zero-order valence-electron chi connectivity index (χ0n) is 11.5. The molecule has 0 bridgehead atoms. The van der Waals surface area contributed by atoms with Crippen LogP contribution in [0.5, 0.6) is 5.75 Å². The molecule has 0 aliphatic rings. The van der Waals surface area contributed by atoms with Gasteiger partial charge in [0.05, 0.1) is 10.2 Å². The van der Waals surface area contributed by atoms with E-state index in [-0.39, 0.29) is 6.04 Å². The van der Waals surface area contributed by atoms with E-state index in [4.69, 9.17) is 22.1 Å². The summed E-state index contributed by atoms with van der Waals surface area (Å²) in [6, 6.07) is 13.4. The Hall–Kier alpha value is -1.62. The molecule has 0 radical (unpaired) electrons. The maximum atomic E-state index is 6.01. The van der Waals surface area contributed by atoms with E-state index in [0.29, 0.717) is 11.6 Å². The van der Waals surface area contributed by atoms with Crippen LogP contribution in [0.4, 0.5) is 0 Å². The fourth-order valence-electron chi connectivity index (χ4n) is 2.13. The van der Waals surface area contributed by atoms with Gasteiger partial charge in [-0.05, 0) is 37.3 Å². The fraction of sp³-hybridized carbons (Fsp3) is 0.188. The van der Waals surface area contributed by atoms with Crippen molar-refractivity contribution in [1.29, 1.82) is 0 Å². The molecule has 0 saturated heterocycles. The standard InChI is InChI=1S/C16H15ClN2OS/c1-10(18)12-8-11(17)6-7-14(12)20-9-16-19-13-4-2-3-5-15(13)21-16/h2-8,10H,9,18H2,1H3/t10-/m0/s1.